The molecule has 6 nitrogen and oxygen atoms in total. The Labute approximate surface area is 175 Å². The summed E-state index contributed by atoms with van der Waals surface area (Å²) in [6.45, 7) is 1.86. The summed E-state index contributed by atoms with van der Waals surface area (Å²) in [5.74, 6) is 0.817. The number of aromatic nitrogens is 2. The predicted molar refractivity (Wildman–Crippen MR) is 112 cm³/mol. The van der Waals surface area contributed by atoms with E-state index in [0.29, 0.717) is 34.2 Å². The van der Waals surface area contributed by atoms with E-state index < -0.39 is 5.82 Å². The standard InChI is InChI=1S/C21H17BrFN5O/c1-12-8-13(11-24)10-15(9-12)29-20-17(22)4-2-14(19(20)23)3-5-18-16-6-7-25-27-21(16)28-26-18/h2,4,6-10,25H,3,5H2,1H3,(H2,26,27,28). The molecule has 8 heteroatoms. The molecule has 0 fully saturated rings. The molecule has 3 aromatic rings. The van der Waals surface area contributed by atoms with Gasteiger partial charge >= 0.3 is 0 Å². The largest absolute Gasteiger partial charge is 0.453 e. The van der Waals surface area contributed by atoms with E-state index in [1.54, 1.807) is 36.5 Å². The Hall–Kier alpha value is -3.31. The van der Waals surface area contributed by atoms with Gasteiger partial charge in [-0.2, -0.15) is 10.4 Å². The number of H-pyrrole nitrogens is 1. The van der Waals surface area contributed by atoms with Gasteiger partial charge in [-0.25, -0.2) is 4.39 Å². The summed E-state index contributed by atoms with van der Waals surface area (Å²) in [6, 6.07) is 10.7. The van der Waals surface area contributed by atoms with E-state index in [1.165, 1.54) is 0 Å². The van der Waals surface area contributed by atoms with Crippen molar-refractivity contribution in [3.05, 3.63) is 74.8 Å². The van der Waals surface area contributed by atoms with Gasteiger partial charge in [-0.1, -0.05) is 6.07 Å². The summed E-state index contributed by atoms with van der Waals surface area (Å²) in [5.41, 5.74) is 9.57. The monoisotopic (exact) mass is 453 g/mol. The predicted octanol–water partition coefficient (Wildman–Crippen LogP) is 4.97. The number of ether oxygens (including phenoxy) is 1. The van der Waals surface area contributed by atoms with Crippen molar-refractivity contribution in [3.63, 3.8) is 0 Å². The van der Waals surface area contributed by atoms with Crippen molar-refractivity contribution in [3.8, 4) is 17.6 Å². The summed E-state index contributed by atoms with van der Waals surface area (Å²) in [5, 5.41) is 16.3. The number of nitrogens with zero attached hydrogens (tertiary/aromatic N) is 2. The molecule has 1 aromatic heterocycles. The van der Waals surface area contributed by atoms with Gasteiger partial charge in [-0.15, -0.1) is 0 Å². The second kappa shape index (κ2) is 7.97. The molecule has 0 unspecified atom stereocenters. The van der Waals surface area contributed by atoms with Gasteiger partial charge in [-0.05, 0) is 77.2 Å². The molecule has 0 radical (unpaired) electrons. The molecule has 1 aliphatic heterocycles. The zero-order chi connectivity index (χ0) is 20.4. The van der Waals surface area contributed by atoms with Gasteiger partial charge in [0.05, 0.1) is 16.1 Å². The minimum atomic E-state index is -0.428. The second-order valence-electron chi connectivity index (χ2n) is 6.67. The maximum Gasteiger partial charge on any atom is 0.177 e. The van der Waals surface area contributed by atoms with Crippen molar-refractivity contribution in [2.24, 2.45) is 0 Å². The first-order chi connectivity index (χ1) is 14.0. The summed E-state index contributed by atoms with van der Waals surface area (Å²) >= 11 is 3.36. The minimum Gasteiger partial charge on any atom is -0.453 e. The smallest absolute Gasteiger partial charge is 0.177 e. The van der Waals surface area contributed by atoms with Gasteiger partial charge in [0.1, 0.15) is 5.75 Å². The Morgan fingerprint density at radius 2 is 2.10 bits per heavy atom. The number of aromatic amines is 1. The quantitative estimate of drug-likeness (QED) is 0.507. The summed E-state index contributed by atoms with van der Waals surface area (Å²) in [7, 11) is 0. The summed E-state index contributed by atoms with van der Waals surface area (Å²) in [4.78, 5) is 0. The van der Waals surface area contributed by atoms with Gasteiger partial charge in [0.2, 0.25) is 0 Å². The number of hydrazine groups is 1. The lowest BCUT2D eigenvalue weighted by atomic mass is 10.0. The van der Waals surface area contributed by atoms with Crippen molar-refractivity contribution in [2.75, 3.05) is 5.43 Å². The Kier molecular flexibility index (Phi) is 5.23. The van der Waals surface area contributed by atoms with Crippen LogP contribution in [0, 0.1) is 24.1 Å². The molecule has 1 aliphatic rings. The number of halogens is 2. The van der Waals surface area contributed by atoms with Crippen molar-refractivity contribution in [1.82, 2.24) is 15.6 Å². The van der Waals surface area contributed by atoms with Crippen LogP contribution >= 0.6 is 15.9 Å². The van der Waals surface area contributed by atoms with Gasteiger partial charge in [0.15, 0.2) is 17.4 Å². The molecule has 0 amide bonds. The van der Waals surface area contributed by atoms with E-state index in [9.17, 15) is 0 Å². The Balaban J connectivity index is 1.57. The molecule has 3 N–H and O–H groups in total. The number of nitriles is 1. The van der Waals surface area contributed by atoms with Gasteiger partial charge in [-0.3, -0.25) is 10.5 Å². The highest BCUT2D eigenvalue weighted by atomic mass is 79.9. The molecule has 0 saturated carbocycles. The first kappa shape index (κ1) is 19.0. The maximum absolute atomic E-state index is 15.2. The average molecular weight is 454 g/mol. The Morgan fingerprint density at radius 1 is 1.24 bits per heavy atom. The number of nitrogens with one attached hydrogen (secondary N) is 3. The third-order valence-electron chi connectivity index (χ3n) is 4.58. The van der Waals surface area contributed by atoms with Crippen LogP contribution in [0.5, 0.6) is 11.5 Å². The SMILES string of the molecule is Cc1cc(C#N)cc(Oc2c(Br)ccc(CCc3[nH]nc4c3C=CNN4)c2F)c1. The van der Waals surface area contributed by atoms with E-state index in [0.717, 1.165) is 22.6 Å². The number of hydrogen-bond acceptors (Lipinski definition) is 5. The number of fused-ring (bicyclic) bond motifs is 1. The van der Waals surface area contributed by atoms with Crippen LogP contribution in [0.25, 0.3) is 6.08 Å². The minimum absolute atomic E-state index is 0.106. The molecule has 2 aromatic carbocycles. The second-order valence-corrected chi connectivity index (χ2v) is 7.52. The van der Waals surface area contributed by atoms with Crippen LogP contribution in [-0.2, 0) is 12.8 Å². The van der Waals surface area contributed by atoms with Crippen molar-refractivity contribution in [2.45, 2.75) is 19.8 Å². The third kappa shape index (κ3) is 3.96. The van der Waals surface area contributed by atoms with Crippen molar-refractivity contribution < 1.29 is 9.13 Å². The summed E-state index contributed by atoms with van der Waals surface area (Å²) in [6.07, 6.45) is 4.77. The average Bonchev–Trinajstić information content (AvgIpc) is 3.13. The van der Waals surface area contributed by atoms with Crippen LogP contribution in [0.1, 0.15) is 27.9 Å². The zero-order valence-corrected chi connectivity index (χ0v) is 17.1. The topological polar surface area (TPSA) is 85.8 Å². The summed E-state index contributed by atoms with van der Waals surface area (Å²) < 4.78 is 21.5. The van der Waals surface area contributed by atoms with Crippen molar-refractivity contribution in [1.29, 1.82) is 5.26 Å². The van der Waals surface area contributed by atoms with E-state index in [1.807, 2.05) is 13.0 Å². The fraction of sp³-hybridized carbons (Fsp3) is 0.143. The molecular formula is C21H17BrFN5O. The van der Waals surface area contributed by atoms with Gasteiger partial charge < -0.3 is 10.2 Å². The first-order valence-electron chi connectivity index (χ1n) is 8.97. The van der Waals surface area contributed by atoms with Crippen LogP contribution in [0.15, 0.2) is 41.0 Å². The number of aryl methyl sites for hydroxylation is 3. The van der Waals surface area contributed by atoms with Crippen LogP contribution in [0.2, 0.25) is 0 Å². The van der Waals surface area contributed by atoms with Crippen molar-refractivity contribution >= 4 is 27.8 Å². The fourth-order valence-corrected chi connectivity index (χ4v) is 3.58. The Morgan fingerprint density at radius 3 is 2.93 bits per heavy atom. The normalized spacial score (nSPS) is 11.9. The number of rotatable bonds is 5. The molecular weight excluding hydrogens is 437 g/mol. The Bertz CT molecular complexity index is 1150. The van der Waals surface area contributed by atoms with Crippen LogP contribution < -0.4 is 15.6 Å². The fourth-order valence-electron chi connectivity index (χ4n) is 3.20. The molecule has 29 heavy (non-hydrogen) atoms. The van der Waals surface area contributed by atoms with E-state index in [-0.39, 0.29) is 5.75 Å². The number of anilines is 1. The molecule has 0 aliphatic carbocycles. The molecule has 0 bridgehead atoms. The molecule has 4 rings (SSSR count). The highest BCUT2D eigenvalue weighted by molar-refractivity contribution is 9.10. The lowest BCUT2D eigenvalue weighted by Crippen LogP contribution is -2.18. The number of benzene rings is 2. The van der Waals surface area contributed by atoms with Gasteiger partial charge in [0.25, 0.3) is 0 Å². The number of hydrogen-bond donors (Lipinski definition) is 3. The molecule has 2 heterocycles. The molecule has 146 valence electrons. The highest BCUT2D eigenvalue weighted by Gasteiger charge is 2.17. The van der Waals surface area contributed by atoms with E-state index >= 15 is 4.39 Å². The molecule has 0 saturated heterocycles. The molecule has 0 spiro atoms. The van der Waals surface area contributed by atoms with Crippen LogP contribution in [0.3, 0.4) is 0 Å². The van der Waals surface area contributed by atoms with Crippen LogP contribution in [0.4, 0.5) is 10.2 Å². The molecule has 0 atom stereocenters. The van der Waals surface area contributed by atoms with Gasteiger partial charge in [0, 0.05) is 17.5 Å². The lowest BCUT2D eigenvalue weighted by molar-refractivity contribution is 0.435. The first-order valence-corrected chi connectivity index (χ1v) is 9.76. The maximum atomic E-state index is 15.2. The highest BCUT2D eigenvalue weighted by Crippen LogP contribution is 2.35. The van der Waals surface area contributed by atoms with E-state index in [2.05, 4.69) is 43.0 Å². The zero-order valence-electron chi connectivity index (χ0n) is 15.5. The lowest BCUT2D eigenvalue weighted by Gasteiger charge is -2.13. The van der Waals surface area contributed by atoms with Crippen LogP contribution in [-0.4, -0.2) is 10.2 Å². The third-order valence-corrected chi connectivity index (χ3v) is 5.20. The van der Waals surface area contributed by atoms with E-state index in [4.69, 9.17) is 10.00 Å².